The van der Waals surface area contributed by atoms with Crippen LogP contribution in [0.2, 0.25) is 5.82 Å². The van der Waals surface area contributed by atoms with Crippen LogP contribution in [0.15, 0.2) is 35.9 Å². The number of benzene rings is 1. The Morgan fingerprint density at radius 2 is 1.89 bits per heavy atom. The fraction of sp³-hybridized carbons (Fsp3) is 0.520. The first kappa shape index (κ1) is 19.7. The zero-order valence-corrected chi connectivity index (χ0v) is 18.1. The molecular formula is C25H32BO2. The highest BCUT2D eigenvalue weighted by atomic mass is 16.5. The molecule has 3 heteroatoms. The molecule has 3 aliphatic rings. The van der Waals surface area contributed by atoms with Gasteiger partial charge in [-0.1, -0.05) is 55.9 Å². The van der Waals surface area contributed by atoms with Crippen molar-refractivity contribution in [1.82, 2.24) is 0 Å². The molecular weight excluding hydrogens is 343 g/mol. The van der Waals surface area contributed by atoms with Gasteiger partial charge < -0.3 is 9.76 Å². The van der Waals surface area contributed by atoms with E-state index in [4.69, 9.17) is 4.65 Å². The van der Waals surface area contributed by atoms with Crippen molar-refractivity contribution >= 4 is 19.1 Å². The lowest BCUT2D eigenvalue weighted by molar-refractivity contribution is -0.0907. The Labute approximate surface area is 170 Å². The van der Waals surface area contributed by atoms with Crippen molar-refractivity contribution in [2.75, 3.05) is 0 Å². The Bertz CT molecular complexity index is 894. The first-order chi connectivity index (χ1) is 13.0. The van der Waals surface area contributed by atoms with Crippen molar-refractivity contribution in [1.29, 1.82) is 0 Å². The lowest BCUT2D eigenvalue weighted by Crippen LogP contribution is -2.48. The van der Waals surface area contributed by atoms with Gasteiger partial charge in [0.1, 0.15) is 0 Å². The molecule has 0 aromatic heterocycles. The summed E-state index contributed by atoms with van der Waals surface area (Å²) in [5.74, 6) is 0.225. The second-order valence-electron chi connectivity index (χ2n) is 10.1. The summed E-state index contributed by atoms with van der Waals surface area (Å²) in [4.78, 5) is 0. The third-order valence-electron chi connectivity index (χ3n) is 7.16. The van der Waals surface area contributed by atoms with Crippen LogP contribution in [0.3, 0.4) is 0 Å². The number of aliphatic hydroxyl groups is 1. The van der Waals surface area contributed by atoms with Gasteiger partial charge in [-0.25, -0.2) is 0 Å². The number of rotatable bonds is 4. The van der Waals surface area contributed by atoms with Crippen LogP contribution in [0, 0.1) is 0 Å². The molecule has 0 saturated heterocycles. The van der Waals surface area contributed by atoms with Crippen LogP contribution in [0.1, 0.15) is 76.6 Å². The molecule has 147 valence electrons. The summed E-state index contributed by atoms with van der Waals surface area (Å²) in [5, 5.41) is 10.4. The molecule has 1 unspecified atom stereocenters. The Balaban J connectivity index is 1.58. The normalized spacial score (nSPS) is 22.8. The van der Waals surface area contributed by atoms with Gasteiger partial charge in [0.25, 0.3) is 0 Å². The van der Waals surface area contributed by atoms with E-state index in [0.717, 1.165) is 19.3 Å². The second-order valence-corrected chi connectivity index (χ2v) is 10.1. The third-order valence-corrected chi connectivity index (χ3v) is 7.16. The zero-order valence-electron chi connectivity index (χ0n) is 18.1. The zero-order chi connectivity index (χ0) is 20.3. The summed E-state index contributed by atoms with van der Waals surface area (Å²) < 4.78 is 6.05. The second kappa shape index (κ2) is 6.47. The third kappa shape index (κ3) is 3.13. The number of hydrogen-bond acceptors (Lipinski definition) is 2. The topological polar surface area (TPSA) is 29.5 Å². The number of fused-ring (bicyclic) bond motifs is 3. The van der Waals surface area contributed by atoms with Crippen molar-refractivity contribution in [2.24, 2.45) is 0 Å². The molecule has 0 saturated carbocycles. The first-order valence-corrected chi connectivity index (χ1v) is 10.5. The number of allylic oxidation sites excluding steroid dienone is 5. The predicted molar refractivity (Wildman–Crippen MR) is 118 cm³/mol. The maximum Gasteiger partial charge on any atom is 0.301 e. The van der Waals surface area contributed by atoms with Gasteiger partial charge in [-0.05, 0) is 80.6 Å². The molecule has 1 aromatic rings. The Kier molecular flexibility index (Phi) is 4.56. The fourth-order valence-electron chi connectivity index (χ4n) is 4.46. The maximum absolute atomic E-state index is 10.4. The highest BCUT2D eigenvalue weighted by Crippen LogP contribution is 2.52. The SMILES string of the molecule is CC1(C)C2=C(C=CC([B]OC(C)(C)C(C)(C)O)C2)c2cc3c(cc21)C=CCC3. The minimum Gasteiger partial charge on any atom is -0.432 e. The largest absolute Gasteiger partial charge is 0.432 e. The molecule has 1 N–H and O–H groups in total. The molecule has 3 aliphatic carbocycles. The van der Waals surface area contributed by atoms with E-state index < -0.39 is 11.2 Å². The summed E-state index contributed by atoms with van der Waals surface area (Å²) in [5.41, 5.74) is 7.14. The molecule has 0 bridgehead atoms. The molecule has 0 heterocycles. The highest BCUT2D eigenvalue weighted by molar-refractivity contribution is 6.31. The molecule has 0 amide bonds. The van der Waals surface area contributed by atoms with Crippen LogP contribution in [0.25, 0.3) is 11.6 Å². The highest BCUT2D eigenvalue weighted by Gasteiger charge is 2.41. The lowest BCUT2D eigenvalue weighted by atomic mass is 9.67. The lowest BCUT2D eigenvalue weighted by Gasteiger charge is -2.38. The number of hydrogen-bond donors (Lipinski definition) is 1. The van der Waals surface area contributed by atoms with E-state index in [1.165, 1.54) is 33.4 Å². The van der Waals surface area contributed by atoms with Crippen molar-refractivity contribution in [3.63, 3.8) is 0 Å². The molecule has 0 spiro atoms. The van der Waals surface area contributed by atoms with Crippen LogP contribution in [0.5, 0.6) is 0 Å². The van der Waals surface area contributed by atoms with Gasteiger partial charge in [-0.15, -0.1) is 0 Å². The maximum atomic E-state index is 10.4. The van der Waals surface area contributed by atoms with E-state index >= 15 is 0 Å². The van der Waals surface area contributed by atoms with Crippen LogP contribution >= 0.6 is 0 Å². The average molecular weight is 375 g/mol. The Morgan fingerprint density at radius 1 is 1.14 bits per heavy atom. The Morgan fingerprint density at radius 3 is 2.61 bits per heavy atom. The molecule has 4 rings (SSSR count). The van der Waals surface area contributed by atoms with E-state index in [1.54, 1.807) is 13.8 Å². The standard InChI is InChI=1S/C25H32BO2/c1-23(2)21-14-17-10-8-7-9-16(17)13-20(21)19-12-11-18(15-22(19)23)26-28-25(5,6)24(3,4)27/h8,10-14,18,27H,7,9,15H2,1-6H3. The molecule has 1 atom stereocenters. The summed E-state index contributed by atoms with van der Waals surface area (Å²) in [6.45, 7) is 12.2. The van der Waals surface area contributed by atoms with E-state index in [-0.39, 0.29) is 11.2 Å². The van der Waals surface area contributed by atoms with Gasteiger partial charge in [0.2, 0.25) is 0 Å². The molecule has 2 nitrogen and oxygen atoms in total. The van der Waals surface area contributed by atoms with Gasteiger partial charge in [0, 0.05) is 5.41 Å². The first-order valence-electron chi connectivity index (χ1n) is 10.5. The Hall–Kier alpha value is -1.58. The average Bonchev–Trinajstić information content (AvgIpc) is 2.84. The molecule has 0 aliphatic heterocycles. The van der Waals surface area contributed by atoms with Crippen molar-refractivity contribution in [3.05, 3.63) is 58.2 Å². The monoisotopic (exact) mass is 375 g/mol. The van der Waals surface area contributed by atoms with Gasteiger partial charge >= 0.3 is 7.48 Å². The van der Waals surface area contributed by atoms with Crippen LogP contribution in [-0.4, -0.2) is 23.8 Å². The van der Waals surface area contributed by atoms with Crippen LogP contribution in [-0.2, 0) is 16.5 Å². The molecule has 0 fully saturated rings. The van der Waals surface area contributed by atoms with E-state index in [1.807, 2.05) is 21.3 Å². The summed E-state index contributed by atoms with van der Waals surface area (Å²) >= 11 is 0. The van der Waals surface area contributed by atoms with Gasteiger partial charge in [-0.3, -0.25) is 0 Å². The number of aryl methyl sites for hydroxylation is 1. The fourth-order valence-corrected chi connectivity index (χ4v) is 4.46. The summed E-state index contributed by atoms with van der Waals surface area (Å²) in [7, 11) is 1.92. The van der Waals surface area contributed by atoms with Crippen molar-refractivity contribution in [3.8, 4) is 0 Å². The molecule has 1 aromatic carbocycles. The predicted octanol–water partition coefficient (Wildman–Crippen LogP) is 5.62. The van der Waals surface area contributed by atoms with E-state index in [2.05, 4.69) is 50.3 Å². The van der Waals surface area contributed by atoms with E-state index in [9.17, 15) is 5.11 Å². The van der Waals surface area contributed by atoms with E-state index in [0.29, 0.717) is 0 Å². The molecule has 1 radical (unpaired) electrons. The summed E-state index contributed by atoms with van der Waals surface area (Å²) in [6, 6.07) is 4.85. The minimum atomic E-state index is -0.901. The van der Waals surface area contributed by atoms with Crippen LogP contribution < -0.4 is 0 Å². The smallest absolute Gasteiger partial charge is 0.301 e. The van der Waals surface area contributed by atoms with Gasteiger partial charge in [0.05, 0.1) is 11.2 Å². The quantitative estimate of drug-likeness (QED) is 0.692. The summed E-state index contributed by atoms with van der Waals surface area (Å²) in [6.07, 6.45) is 12.4. The minimum absolute atomic E-state index is 0.0353. The van der Waals surface area contributed by atoms with Crippen LogP contribution in [0.4, 0.5) is 0 Å². The molecule has 28 heavy (non-hydrogen) atoms. The van der Waals surface area contributed by atoms with Crippen molar-refractivity contribution in [2.45, 2.75) is 83.2 Å². The van der Waals surface area contributed by atoms with Gasteiger partial charge in [-0.2, -0.15) is 0 Å². The van der Waals surface area contributed by atoms with Crippen molar-refractivity contribution < 1.29 is 9.76 Å². The van der Waals surface area contributed by atoms with Gasteiger partial charge in [0.15, 0.2) is 0 Å².